The minimum atomic E-state index is -1.38. The Bertz CT molecular complexity index is 1560. The molecule has 0 saturated carbocycles. The van der Waals surface area contributed by atoms with Crippen LogP contribution in [0.1, 0.15) is 52.6 Å². The summed E-state index contributed by atoms with van der Waals surface area (Å²) in [6.45, 7) is 3.63. The average molecular weight is 542 g/mol. The lowest BCUT2D eigenvalue weighted by atomic mass is 10.0. The number of carbonyl (C=O) groups is 4. The maximum atomic E-state index is 11.5. The van der Waals surface area contributed by atoms with Crippen molar-refractivity contribution in [2.24, 2.45) is 0 Å². The maximum Gasteiger partial charge on any atom is 0.336 e. The van der Waals surface area contributed by atoms with E-state index in [1.807, 2.05) is 38.1 Å². The van der Waals surface area contributed by atoms with Gasteiger partial charge in [0, 0.05) is 0 Å². The third kappa shape index (κ3) is 5.76. The van der Waals surface area contributed by atoms with Crippen LogP contribution in [0.3, 0.4) is 0 Å². The first-order valence-corrected chi connectivity index (χ1v) is 11.7. The zero-order valence-electron chi connectivity index (χ0n) is 21.2. The summed E-state index contributed by atoms with van der Waals surface area (Å²) in [5, 5.41) is 37.1. The summed E-state index contributed by atoms with van der Waals surface area (Å²) in [6, 6.07) is 18.3. The number of benzene rings is 4. The van der Waals surface area contributed by atoms with Gasteiger partial charge in [-0.25, -0.2) is 19.2 Å². The summed E-state index contributed by atoms with van der Waals surface area (Å²) < 4.78 is 11.7. The van der Waals surface area contributed by atoms with Crippen molar-refractivity contribution in [3.63, 3.8) is 0 Å². The van der Waals surface area contributed by atoms with E-state index in [9.17, 15) is 39.6 Å². The molecule has 40 heavy (non-hydrogen) atoms. The molecule has 0 spiro atoms. The Hall–Kier alpha value is -5.64. The second kappa shape index (κ2) is 11.0. The highest BCUT2D eigenvalue weighted by Crippen LogP contribution is 2.34. The maximum absolute atomic E-state index is 11.5. The number of ether oxygens (including phenoxy) is 2. The first kappa shape index (κ1) is 27.4. The van der Waals surface area contributed by atoms with E-state index >= 15 is 0 Å². The summed E-state index contributed by atoms with van der Waals surface area (Å²) in [5.41, 5.74) is 1.76. The monoisotopic (exact) mass is 542 g/mol. The molecule has 0 aliphatic heterocycles. The van der Waals surface area contributed by atoms with Crippen molar-refractivity contribution < 1.29 is 49.1 Å². The van der Waals surface area contributed by atoms with Crippen LogP contribution in [0.5, 0.6) is 23.0 Å². The van der Waals surface area contributed by atoms with Crippen LogP contribution in [0.25, 0.3) is 11.1 Å². The van der Waals surface area contributed by atoms with Gasteiger partial charge in [-0.2, -0.15) is 0 Å². The smallest absolute Gasteiger partial charge is 0.336 e. The average Bonchev–Trinajstić information content (AvgIpc) is 2.90. The molecule has 10 heteroatoms. The lowest BCUT2D eigenvalue weighted by Crippen LogP contribution is -2.08. The number of rotatable bonds is 9. The first-order chi connectivity index (χ1) is 18.9. The highest BCUT2D eigenvalue weighted by Gasteiger charge is 2.19. The van der Waals surface area contributed by atoms with Crippen molar-refractivity contribution in [2.45, 2.75) is 13.8 Å². The number of aromatic carboxylic acids is 4. The topological polar surface area (TPSA) is 168 Å². The molecular formula is C30H22O10. The summed E-state index contributed by atoms with van der Waals surface area (Å²) in [4.78, 5) is 45.5. The van der Waals surface area contributed by atoms with E-state index in [1.165, 1.54) is 24.3 Å². The van der Waals surface area contributed by atoms with E-state index in [2.05, 4.69) is 0 Å². The molecule has 4 rings (SSSR count). The van der Waals surface area contributed by atoms with Crippen molar-refractivity contribution in [3.05, 3.63) is 106 Å². The van der Waals surface area contributed by atoms with Crippen LogP contribution in [0.2, 0.25) is 0 Å². The Morgan fingerprint density at radius 1 is 0.475 bits per heavy atom. The summed E-state index contributed by atoms with van der Waals surface area (Å²) in [5.74, 6) is -4.18. The molecule has 0 aliphatic rings. The number of carboxylic acids is 4. The Balaban J connectivity index is 1.55. The molecule has 0 fully saturated rings. The van der Waals surface area contributed by atoms with Crippen LogP contribution in [-0.4, -0.2) is 44.3 Å². The van der Waals surface area contributed by atoms with E-state index in [4.69, 9.17) is 9.47 Å². The second-order valence-corrected chi connectivity index (χ2v) is 8.80. The minimum Gasteiger partial charge on any atom is -0.478 e. The molecular weight excluding hydrogens is 520 g/mol. The molecule has 0 unspecified atom stereocenters. The molecule has 0 saturated heterocycles. The quantitative estimate of drug-likeness (QED) is 0.187. The van der Waals surface area contributed by atoms with Crippen LogP contribution in [0.4, 0.5) is 0 Å². The zero-order chi connectivity index (χ0) is 29.1. The van der Waals surface area contributed by atoms with Crippen molar-refractivity contribution in [1.29, 1.82) is 0 Å². The summed E-state index contributed by atoms with van der Waals surface area (Å²) in [6.07, 6.45) is 0. The fourth-order valence-electron chi connectivity index (χ4n) is 4.04. The molecule has 4 aromatic carbocycles. The van der Waals surface area contributed by atoms with Gasteiger partial charge in [0.25, 0.3) is 0 Å². The highest BCUT2D eigenvalue weighted by atomic mass is 16.5. The molecule has 4 N–H and O–H groups in total. The molecule has 4 aromatic rings. The predicted octanol–water partition coefficient (Wildman–Crippen LogP) is 6.35. The van der Waals surface area contributed by atoms with Gasteiger partial charge in [0.15, 0.2) is 0 Å². The molecule has 0 heterocycles. The van der Waals surface area contributed by atoms with E-state index in [0.29, 0.717) is 11.5 Å². The van der Waals surface area contributed by atoms with Gasteiger partial charge in [-0.05, 0) is 96.8 Å². The largest absolute Gasteiger partial charge is 0.478 e. The Kier molecular flexibility index (Phi) is 7.53. The van der Waals surface area contributed by atoms with Gasteiger partial charge in [0.05, 0.1) is 22.3 Å². The van der Waals surface area contributed by atoms with Gasteiger partial charge < -0.3 is 29.9 Å². The van der Waals surface area contributed by atoms with E-state index in [-0.39, 0.29) is 33.8 Å². The van der Waals surface area contributed by atoms with E-state index in [1.54, 1.807) is 12.1 Å². The lowest BCUT2D eigenvalue weighted by Gasteiger charge is -2.14. The van der Waals surface area contributed by atoms with Crippen molar-refractivity contribution in [2.75, 3.05) is 0 Å². The summed E-state index contributed by atoms with van der Waals surface area (Å²) in [7, 11) is 0. The molecule has 0 radical (unpaired) electrons. The van der Waals surface area contributed by atoms with Crippen LogP contribution in [0.15, 0.2) is 72.8 Å². The molecule has 0 bridgehead atoms. The highest BCUT2D eigenvalue weighted by molar-refractivity contribution is 6.02. The summed E-state index contributed by atoms with van der Waals surface area (Å²) >= 11 is 0. The molecule has 10 nitrogen and oxygen atoms in total. The number of aryl methyl sites for hydroxylation is 2. The minimum absolute atomic E-state index is 0.179. The molecule has 202 valence electrons. The molecule has 0 aliphatic carbocycles. The lowest BCUT2D eigenvalue weighted by molar-refractivity contribution is 0.0651. The standard InChI is InChI=1S/C30H22O10/c1-15-11-17(3-9-25(15)39-19-5-7-21(27(31)32)23(13-19)29(35)36)18-4-10-26(16(2)12-18)40-20-6-8-22(28(33)34)24(14-20)30(37)38/h3-14H,1-2H3,(H,31,32)(H,33,34)(H,35,36)(H,37,38). The number of hydrogen-bond donors (Lipinski definition) is 4. The predicted molar refractivity (Wildman–Crippen MR) is 142 cm³/mol. The van der Waals surface area contributed by atoms with Crippen LogP contribution in [-0.2, 0) is 0 Å². The van der Waals surface area contributed by atoms with Gasteiger partial charge in [-0.1, -0.05) is 12.1 Å². The van der Waals surface area contributed by atoms with Crippen molar-refractivity contribution >= 4 is 23.9 Å². The fourth-order valence-corrected chi connectivity index (χ4v) is 4.04. The second-order valence-electron chi connectivity index (χ2n) is 8.80. The number of carboxylic acid groups (broad SMARTS) is 4. The zero-order valence-corrected chi connectivity index (χ0v) is 21.2. The number of hydrogen-bond acceptors (Lipinski definition) is 6. The fraction of sp³-hybridized carbons (Fsp3) is 0.0667. The first-order valence-electron chi connectivity index (χ1n) is 11.7. The van der Waals surface area contributed by atoms with E-state index in [0.717, 1.165) is 34.4 Å². The Morgan fingerprint density at radius 2 is 0.825 bits per heavy atom. The molecule has 0 amide bonds. The van der Waals surface area contributed by atoms with E-state index < -0.39 is 23.9 Å². The van der Waals surface area contributed by atoms with Crippen LogP contribution in [0, 0.1) is 13.8 Å². The Morgan fingerprint density at radius 3 is 1.12 bits per heavy atom. The van der Waals surface area contributed by atoms with Gasteiger partial charge in [-0.3, -0.25) is 0 Å². The Labute approximate surface area is 227 Å². The van der Waals surface area contributed by atoms with Crippen molar-refractivity contribution in [1.82, 2.24) is 0 Å². The van der Waals surface area contributed by atoms with Crippen LogP contribution >= 0.6 is 0 Å². The van der Waals surface area contributed by atoms with Gasteiger partial charge in [0.2, 0.25) is 0 Å². The third-order valence-corrected chi connectivity index (χ3v) is 6.04. The SMILES string of the molecule is Cc1cc(-c2ccc(Oc3ccc(C(=O)O)c(C(=O)O)c3)c(C)c2)ccc1Oc1ccc(C(=O)O)c(C(=O)O)c1. The van der Waals surface area contributed by atoms with Gasteiger partial charge >= 0.3 is 23.9 Å². The van der Waals surface area contributed by atoms with Gasteiger partial charge in [0.1, 0.15) is 23.0 Å². The van der Waals surface area contributed by atoms with Crippen LogP contribution < -0.4 is 9.47 Å². The normalized spacial score (nSPS) is 10.6. The van der Waals surface area contributed by atoms with Gasteiger partial charge in [-0.15, -0.1) is 0 Å². The molecule has 0 aromatic heterocycles. The van der Waals surface area contributed by atoms with Crippen molar-refractivity contribution in [3.8, 4) is 34.1 Å². The molecule has 0 atom stereocenters. The third-order valence-electron chi connectivity index (χ3n) is 6.04.